The van der Waals surface area contributed by atoms with Gasteiger partial charge in [0.05, 0.1) is 0 Å². The summed E-state index contributed by atoms with van der Waals surface area (Å²) in [6.07, 6.45) is 0. The van der Waals surface area contributed by atoms with Crippen molar-refractivity contribution in [1.82, 2.24) is 0 Å². The maximum atomic E-state index is 2.23. The van der Waals surface area contributed by atoms with Crippen molar-refractivity contribution in [2.24, 2.45) is 0 Å². The van der Waals surface area contributed by atoms with Gasteiger partial charge >= 0.3 is 69.3 Å². The van der Waals surface area contributed by atoms with Gasteiger partial charge in [0.2, 0.25) is 0 Å². The summed E-state index contributed by atoms with van der Waals surface area (Å²) in [5.41, 5.74) is 2.87. The Morgan fingerprint density at radius 1 is 1.22 bits per heavy atom. The summed E-state index contributed by atoms with van der Waals surface area (Å²) in [4.78, 5) is 0. The molecular formula is C8H12Sn. The van der Waals surface area contributed by atoms with Gasteiger partial charge in [-0.05, 0) is 0 Å². The Labute approximate surface area is 69.4 Å². The third-order valence-electron chi connectivity index (χ3n) is 1.53. The van der Waals surface area contributed by atoms with E-state index in [1.807, 2.05) is 0 Å². The molecule has 0 heterocycles. The minimum absolute atomic E-state index is 0.815. The summed E-state index contributed by atoms with van der Waals surface area (Å²) in [6, 6.07) is 8.83. The molecule has 0 aliphatic rings. The van der Waals surface area contributed by atoms with E-state index >= 15 is 0 Å². The van der Waals surface area contributed by atoms with Gasteiger partial charge < -0.3 is 0 Å². The van der Waals surface area contributed by atoms with Crippen LogP contribution >= 0.6 is 0 Å². The van der Waals surface area contributed by atoms with Crippen molar-refractivity contribution in [1.29, 1.82) is 0 Å². The van der Waals surface area contributed by atoms with Gasteiger partial charge in [-0.15, -0.1) is 0 Å². The van der Waals surface area contributed by atoms with Gasteiger partial charge in [-0.1, -0.05) is 0 Å². The average Bonchev–Trinajstić information content (AvgIpc) is 1.90. The van der Waals surface area contributed by atoms with Crippen molar-refractivity contribution in [3.63, 3.8) is 0 Å². The van der Waals surface area contributed by atoms with E-state index in [2.05, 4.69) is 31.2 Å². The number of hydrogen-bond donors (Lipinski definition) is 0. The molecule has 0 aromatic heterocycles. The molecule has 9 heavy (non-hydrogen) atoms. The molecule has 0 fully saturated rings. The van der Waals surface area contributed by atoms with Crippen molar-refractivity contribution in [3.05, 3.63) is 35.4 Å². The molecule has 1 rings (SSSR count). The molecule has 0 spiro atoms. The molecule has 0 aliphatic carbocycles. The predicted molar refractivity (Wildman–Crippen MR) is 44.8 cm³/mol. The summed E-state index contributed by atoms with van der Waals surface area (Å²) < 4.78 is 1.35. The molecular weight excluding hydrogens is 215 g/mol. The predicted octanol–water partition coefficient (Wildman–Crippen LogP) is 0.860. The van der Waals surface area contributed by atoms with Gasteiger partial charge in [-0.3, -0.25) is 0 Å². The first-order valence-corrected chi connectivity index (χ1v) is 7.42. The van der Waals surface area contributed by atoms with E-state index in [1.54, 1.807) is 0 Å². The third kappa shape index (κ3) is 2.01. The summed E-state index contributed by atoms with van der Waals surface area (Å²) >= 11 is 0.815. The van der Waals surface area contributed by atoms with Crippen LogP contribution in [-0.2, 0) is 4.44 Å². The molecule has 1 aromatic rings. The van der Waals surface area contributed by atoms with Gasteiger partial charge in [0.1, 0.15) is 0 Å². The Balaban J connectivity index is 2.88. The number of rotatable bonds is 1. The molecule has 0 saturated carbocycles. The summed E-state index contributed by atoms with van der Waals surface area (Å²) in [7, 11) is 0. The number of hydrogen-bond acceptors (Lipinski definition) is 0. The van der Waals surface area contributed by atoms with E-state index < -0.39 is 0 Å². The average molecular weight is 227 g/mol. The van der Waals surface area contributed by atoms with Crippen LogP contribution in [-0.4, -0.2) is 22.5 Å². The van der Waals surface area contributed by atoms with Gasteiger partial charge in [0.15, 0.2) is 0 Å². The maximum absolute atomic E-state index is 2.23. The van der Waals surface area contributed by atoms with E-state index in [0.29, 0.717) is 0 Å². The Hall–Kier alpha value is 0.0187. The first-order valence-electron chi connectivity index (χ1n) is 3.38. The summed E-state index contributed by atoms with van der Waals surface area (Å²) in [5.74, 6) is 0. The van der Waals surface area contributed by atoms with Gasteiger partial charge in [-0.25, -0.2) is 0 Å². The van der Waals surface area contributed by atoms with Gasteiger partial charge in [0.25, 0.3) is 0 Å². The van der Waals surface area contributed by atoms with Crippen LogP contribution in [0.4, 0.5) is 0 Å². The Morgan fingerprint density at radius 3 is 2.22 bits per heavy atom. The first kappa shape index (κ1) is 7.13. The number of aryl methyl sites for hydroxylation is 1. The zero-order chi connectivity index (χ0) is 6.69. The SMILES string of the molecule is Cc1ccc([CH2][SnH3])cc1. The molecule has 1 heteroatoms. The topological polar surface area (TPSA) is 0 Å². The summed E-state index contributed by atoms with van der Waals surface area (Å²) in [6.45, 7) is 2.13. The fourth-order valence-electron chi connectivity index (χ4n) is 0.824. The molecule has 48 valence electrons. The van der Waals surface area contributed by atoms with Crippen LogP contribution in [0.5, 0.6) is 0 Å². The van der Waals surface area contributed by atoms with Crippen LogP contribution in [0.2, 0.25) is 0 Å². The molecule has 0 aliphatic heterocycles. The molecule has 0 saturated heterocycles. The van der Waals surface area contributed by atoms with Crippen molar-refractivity contribution in [2.45, 2.75) is 11.4 Å². The monoisotopic (exact) mass is 228 g/mol. The van der Waals surface area contributed by atoms with Crippen molar-refractivity contribution < 1.29 is 0 Å². The van der Waals surface area contributed by atoms with Crippen molar-refractivity contribution in [2.75, 3.05) is 0 Å². The van der Waals surface area contributed by atoms with Gasteiger partial charge in [0, 0.05) is 0 Å². The Kier molecular flexibility index (Phi) is 2.58. The summed E-state index contributed by atoms with van der Waals surface area (Å²) in [5, 5.41) is 0. The van der Waals surface area contributed by atoms with Crippen LogP contribution < -0.4 is 0 Å². The van der Waals surface area contributed by atoms with Crippen LogP contribution in [0.1, 0.15) is 11.1 Å². The Morgan fingerprint density at radius 2 is 1.78 bits per heavy atom. The molecule has 0 radical (unpaired) electrons. The molecule has 1 aromatic carbocycles. The van der Waals surface area contributed by atoms with E-state index in [-0.39, 0.29) is 0 Å². The second-order valence-corrected chi connectivity index (χ2v) is 4.36. The van der Waals surface area contributed by atoms with Crippen molar-refractivity contribution >= 4 is 22.5 Å². The molecule has 0 bridgehead atoms. The fourth-order valence-corrected chi connectivity index (χ4v) is 2.17. The van der Waals surface area contributed by atoms with E-state index in [0.717, 1.165) is 22.5 Å². The fraction of sp³-hybridized carbons (Fsp3) is 0.250. The molecule has 0 N–H and O–H groups in total. The molecule has 0 unspecified atom stereocenters. The number of benzene rings is 1. The van der Waals surface area contributed by atoms with E-state index in [1.165, 1.54) is 15.6 Å². The van der Waals surface area contributed by atoms with Crippen molar-refractivity contribution in [3.8, 4) is 0 Å². The minimum atomic E-state index is 0.815. The zero-order valence-electron chi connectivity index (χ0n) is 6.02. The normalized spacial score (nSPS) is 9.89. The van der Waals surface area contributed by atoms with E-state index in [4.69, 9.17) is 0 Å². The van der Waals surface area contributed by atoms with Crippen LogP contribution in [0.25, 0.3) is 0 Å². The standard InChI is InChI=1S/C8H9.Sn.3H/c1-7-3-5-8(2)6-4-7;;;;/h3-6H,1H2,2H3;;;;. The zero-order valence-corrected chi connectivity index (χ0v) is 11.7. The van der Waals surface area contributed by atoms with E-state index in [9.17, 15) is 0 Å². The van der Waals surface area contributed by atoms with Gasteiger partial charge in [-0.2, -0.15) is 0 Å². The molecule has 0 nitrogen and oxygen atoms in total. The molecule has 0 amide bonds. The Bertz CT molecular complexity index is 176. The van der Waals surface area contributed by atoms with Crippen LogP contribution in [0, 0.1) is 6.92 Å². The quantitative estimate of drug-likeness (QED) is 0.624. The van der Waals surface area contributed by atoms with Crippen LogP contribution in [0.3, 0.4) is 0 Å². The third-order valence-corrected chi connectivity index (χ3v) is 3.86. The second-order valence-electron chi connectivity index (χ2n) is 2.34. The molecule has 0 atom stereocenters. The second kappa shape index (κ2) is 3.25. The first-order chi connectivity index (χ1) is 4.33. The van der Waals surface area contributed by atoms with Crippen LogP contribution in [0.15, 0.2) is 24.3 Å².